The highest BCUT2D eigenvalue weighted by molar-refractivity contribution is 7.92. The van der Waals surface area contributed by atoms with Gasteiger partial charge in [0.15, 0.2) is 0 Å². The summed E-state index contributed by atoms with van der Waals surface area (Å²) < 4.78 is 31.2. The Balaban J connectivity index is 1.79. The Kier molecular flexibility index (Phi) is 9.25. The van der Waals surface area contributed by atoms with Crippen LogP contribution in [0.4, 0.5) is 5.69 Å². The van der Waals surface area contributed by atoms with Crippen LogP contribution in [-0.4, -0.2) is 40.3 Å². The molecule has 2 aromatic rings. The molecule has 0 fully saturated rings. The summed E-state index contributed by atoms with van der Waals surface area (Å²) in [4.78, 5) is 12.1. The van der Waals surface area contributed by atoms with Crippen molar-refractivity contribution in [2.24, 2.45) is 0 Å². The van der Waals surface area contributed by atoms with E-state index in [-0.39, 0.29) is 40.0 Å². The van der Waals surface area contributed by atoms with E-state index in [1.54, 1.807) is 18.2 Å². The minimum Gasteiger partial charge on any atom is -0.492 e. The monoisotopic (exact) mass is 500 g/mol. The lowest BCUT2D eigenvalue weighted by Crippen LogP contribution is -2.33. The van der Waals surface area contributed by atoms with Gasteiger partial charge in [0.25, 0.3) is 0 Å². The van der Waals surface area contributed by atoms with Crippen molar-refractivity contribution >= 4 is 44.8 Å². The van der Waals surface area contributed by atoms with Crippen molar-refractivity contribution in [1.82, 2.24) is 5.32 Å². The Morgan fingerprint density at radius 3 is 2.19 bits per heavy atom. The number of nitrogens with zero attached hydrogens (tertiary/aromatic N) is 1. The minimum atomic E-state index is -3.61. The van der Waals surface area contributed by atoms with Crippen LogP contribution < -0.4 is 14.4 Å². The molecule has 0 spiro atoms. The number of hydrogen-bond donors (Lipinski definition) is 1. The molecule has 0 aliphatic heterocycles. The molecule has 2 aromatic carbocycles. The molecule has 0 saturated heterocycles. The van der Waals surface area contributed by atoms with Crippen LogP contribution in [0.25, 0.3) is 0 Å². The van der Waals surface area contributed by atoms with Crippen molar-refractivity contribution in [2.45, 2.75) is 39.0 Å². The van der Waals surface area contributed by atoms with E-state index in [9.17, 15) is 13.2 Å². The number of anilines is 1. The zero-order valence-electron chi connectivity index (χ0n) is 18.8. The Morgan fingerprint density at radius 2 is 1.66 bits per heavy atom. The summed E-state index contributed by atoms with van der Waals surface area (Å²) in [6.45, 7) is 7.23. The molecule has 0 unspecified atom stereocenters. The second kappa shape index (κ2) is 11.3. The van der Waals surface area contributed by atoms with Gasteiger partial charge in [0, 0.05) is 13.0 Å². The summed E-state index contributed by atoms with van der Waals surface area (Å²) in [5.41, 5.74) is 1.53. The van der Waals surface area contributed by atoms with Gasteiger partial charge in [-0.3, -0.25) is 9.10 Å². The molecule has 0 aliphatic carbocycles. The number of carbonyl (C=O) groups is 1. The number of hydrogen-bond acceptors (Lipinski definition) is 4. The van der Waals surface area contributed by atoms with E-state index in [4.69, 9.17) is 27.9 Å². The Bertz CT molecular complexity index is 999. The SMILES string of the molecule is CC(C)(C)c1ccc(OCCNC(=O)CCCN(c2c(Cl)cccc2Cl)S(C)(=O)=O)cc1. The van der Waals surface area contributed by atoms with Gasteiger partial charge in [-0.25, -0.2) is 8.42 Å². The largest absolute Gasteiger partial charge is 0.492 e. The number of halogens is 2. The van der Waals surface area contributed by atoms with Crippen LogP contribution in [0, 0.1) is 0 Å². The van der Waals surface area contributed by atoms with Crippen molar-refractivity contribution in [3.8, 4) is 5.75 Å². The predicted octanol–water partition coefficient (Wildman–Crippen LogP) is 5.03. The lowest BCUT2D eigenvalue weighted by molar-refractivity contribution is -0.121. The average Bonchev–Trinajstić information content (AvgIpc) is 2.68. The van der Waals surface area contributed by atoms with E-state index in [2.05, 4.69) is 26.1 Å². The molecule has 1 amide bonds. The first-order valence-electron chi connectivity index (χ1n) is 10.3. The zero-order valence-corrected chi connectivity index (χ0v) is 21.1. The van der Waals surface area contributed by atoms with Gasteiger partial charge in [0.2, 0.25) is 15.9 Å². The molecule has 32 heavy (non-hydrogen) atoms. The molecule has 0 heterocycles. The molecule has 6 nitrogen and oxygen atoms in total. The molecule has 0 radical (unpaired) electrons. The fourth-order valence-corrected chi connectivity index (χ4v) is 4.74. The lowest BCUT2D eigenvalue weighted by Gasteiger charge is -2.24. The summed E-state index contributed by atoms with van der Waals surface area (Å²) in [6.07, 6.45) is 1.56. The number of ether oxygens (including phenoxy) is 1. The molecule has 0 bridgehead atoms. The van der Waals surface area contributed by atoms with Crippen LogP contribution in [0.15, 0.2) is 42.5 Å². The zero-order chi connectivity index (χ0) is 23.9. The van der Waals surface area contributed by atoms with Crippen LogP contribution in [0.2, 0.25) is 10.0 Å². The first-order valence-corrected chi connectivity index (χ1v) is 12.9. The maximum atomic E-state index is 12.2. The minimum absolute atomic E-state index is 0.0797. The van der Waals surface area contributed by atoms with E-state index < -0.39 is 10.0 Å². The molecule has 9 heteroatoms. The molecule has 0 aliphatic rings. The average molecular weight is 501 g/mol. The number of benzene rings is 2. The first kappa shape index (κ1) is 26.3. The molecule has 1 N–H and O–H groups in total. The van der Waals surface area contributed by atoms with Crippen molar-refractivity contribution < 1.29 is 17.9 Å². The Labute approximate surface area is 200 Å². The lowest BCUT2D eigenvalue weighted by atomic mass is 9.87. The number of para-hydroxylation sites is 1. The molecule has 176 valence electrons. The maximum Gasteiger partial charge on any atom is 0.232 e. The molecule has 0 aromatic heterocycles. The Morgan fingerprint density at radius 1 is 1.06 bits per heavy atom. The van der Waals surface area contributed by atoms with Crippen LogP contribution in [0.3, 0.4) is 0 Å². The summed E-state index contributed by atoms with van der Waals surface area (Å²) in [6, 6.07) is 12.7. The van der Waals surface area contributed by atoms with Crippen molar-refractivity contribution in [3.05, 3.63) is 58.1 Å². The first-order chi connectivity index (χ1) is 14.9. The van der Waals surface area contributed by atoms with E-state index in [1.165, 1.54) is 5.56 Å². The highest BCUT2D eigenvalue weighted by Crippen LogP contribution is 2.35. The number of sulfonamides is 1. The predicted molar refractivity (Wildman–Crippen MR) is 132 cm³/mol. The Hall–Kier alpha value is -1.96. The van der Waals surface area contributed by atoms with Crippen LogP contribution in [0.1, 0.15) is 39.2 Å². The van der Waals surface area contributed by atoms with Crippen LogP contribution in [0.5, 0.6) is 5.75 Å². The number of nitrogens with one attached hydrogen (secondary N) is 1. The van der Waals surface area contributed by atoms with Gasteiger partial charge in [0.05, 0.1) is 28.5 Å². The third kappa shape index (κ3) is 7.87. The van der Waals surface area contributed by atoms with Crippen molar-refractivity contribution in [1.29, 1.82) is 0 Å². The third-order valence-electron chi connectivity index (χ3n) is 4.77. The van der Waals surface area contributed by atoms with E-state index >= 15 is 0 Å². The second-order valence-corrected chi connectivity index (χ2v) is 11.2. The van der Waals surface area contributed by atoms with Gasteiger partial charge in [-0.2, -0.15) is 0 Å². The van der Waals surface area contributed by atoms with E-state index in [0.29, 0.717) is 19.6 Å². The smallest absolute Gasteiger partial charge is 0.232 e. The molecule has 0 atom stereocenters. The van der Waals surface area contributed by atoms with Gasteiger partial charge in [-0.15, -0.1) is 0 Å². The van der Waals surface area contributed by atoms with Gasteiger partial charge < -0.3 is 10.1 Å². The summed E-state index contributed by atoms with van der Waals surface area (Å²) >= 11 is 12.3. The van der Waals surface area contributed by atoms with Gasteiger partial charge in [-0.05, 0) is 41.7 Å². The summed E-state index contributed by atoms with van der Waals surface area (Å²) in [5, 5.41) is 3.25. The summed E-state index contributed by atoms with van der Waals surface area (Å²) in [7, 11) is -3.61. The fourth-order valence-electron chi connectivity index (χ4n) is 3.05. The maximum absolute atomic E-state index is 12.2. The molecular weight excluding hydrogens is 471 g/mol. The number of carbonyl (C=O) groups excluding carboxylic acids is 1. The van der Waals surface area contributed by atoms with E-state index in [1.807, 2.05) is 24.3 Å². The summed E-state index contributed by atoms with van der Waals surface area (Å²) in [5.74, 6) is 0.558. The van der Waals surface area contributed by atoms with Gasteiger partial charge in [0.1, 0.15) is 12.4 Å². The van der Waals surface area contributed by atoms with Gasteiger partial charge in [-0.1, -0.05) is 62.2 Å². The third-order valence-corrected chi connectivity index (χ3v) is 6.54. The fraction of sp³-hybridized carbons (Fsp3) is 0.435. The van der Waals surface area contributed by atoms with Crippen molar-refractivity contribution in [3.63, 3.8) is 0 Å². The normalized spacial score (nSPS) is 11.8. The number of amides is 1. The van der Waals surface area contributed by atoms with Crippen molar-refractivity contribution in [2.75, 3.05) is 30.3 Å². The van der Waals surface area contributed by atoms with E-state index in [0.717, 1.165) is 16.3 Å². The van der Waals surface area contributed by atoms with Gasteiger partial charge >= 0.3 is 0 Å². The second-order valence-electron chi connectivity index (χ2n) is 8.48. The standard InChI is InChI=1S/C23H30Cl2N2O4S/c1-23(2,3)17-10-12-18(13-11-17)31-16-14-26-21(28)9-6-15-27(32(4,29)30)22-19(24)7-5-8-20(22)25/h5,7-8,10-13H,6,9,14-16H2,1-4H3,(H,26,28). The highest BCUT2D eigenvalue weighted by atomic mass is 35.5. The topological polar surface area (TPSA) is 75.7 Å². The highest BCUT2D eigenvalue weighted by Gasteiger charge is 2.22. The van der Waals surface area contributed by atoms with Crippen LogP contribution in [-0.2, 0) is 20.2 Å². The number of rotatable bonds is 10. The molecule has 0 saturated carbocycles. The van der Waals surface area contributed by atoms with Crippen LogP contribution >= 0.6 is 23.2 Å². The molecular formula is C23H30Cl2N2O4S. The molecule has 2 rings (SSSR count). The quantitative estimate of drug-likeness (QED) is 0.464.